The Labute approximate surface area is 105 Å². The van der Waals surface area contributed by atoms with E-state index in [0.29, 0.717) is 0 Å². The number of hydrogen-bond acceptors (Lipinski definition) is 5. The third kappa shape index (κ3) is 2.61. The van der Waals surface area contributed by atoms with Gasteiger partial charge >= 0.3 is 11.6 Å². The van der Waals surface area contributed by atoms with Crippen LogP contribution in [0, 0.1) is 10.1 Å². The van der Waals surface area contributed by atoms with Crippen molar-refractivity contribution in [2.24, 2.45) is 7.05 Å². The average molecular weight is 254 g/mol. The first-order valence-electron chi connectivity index (χ1n) is 6.13. The number of nitrogens with one attached hydrogen (secondary N) is 1. The van der Waals surface area contributed by atoms with E-state index in [2.05, 4.69) is 10.4 Å². The van der Waals surface area contributed by atoms with E-state index in [1.165, 1.54) is 10.9 Å². The summed E-state index contributed by atoms with van der Waals surface area (Å²) < 4.78 is 7.14. The van der Waals surface area contributed by atoms with Crippen molar-refractivity contribution in [3.63, 3.8) is 0 Å². The van der Waals surface area contributed by atoms with E-state index < -0.39 is 4.92 Å². The van der Waals surface area contributed by atoms with E-state index in [1.54, 1.807) is 7.05 Å². The van der Waals surface area contributed by atoms with Gasteiger partial charge in [0.05, 0.1) is 4.92 Å². The van der Waals surface area contributed by atoms with Crippen LogP contribution in [0.15, 0.2) is 6.20 Å². The molecule has 0 saturated heterocycles. The number of nitrogens with zero attached hydrogens (tertiary/aromatic N) is 3. The molecule has 0 aliphatic heterocycles. The fraction of sp³-hybridized carbons (Fsp3) is 0.727. The molecule has 0 spiro atoms. The predicted octanol–water partition coefficient (Wildman–Crippen LogP) is 1.24. The number of nitro groups is 1. The van der Waals surface area contributed by atoms with E-state index in [0.717, 1.165) is 25.7 Å². The molecule has 1 aromatic rings. The van der Waals surface area contributed by atoms with Gasteiger partial charge in [-0.2, -0.15) is 0 Å². The molecule has 7 heteroatoms. The molecule has 1 aliphatic carbocycles. The first-order chi connectivity index (χ1) is 8.61. The number of hydrogen-bond donors (Lipinski definition) is 1. The summed E-state index contributed by atoms with van der Waals surface area (Å²) in [6.45, 7) is 0. The number of aromatic nitrogens is 2. The van der Waals surface area contributed by atoms with E-state index in [-0.39, 0.29) is 23.7 Å². The van der Waals surface area contributed by atoms with Crippen LogP contribution in [0.4, 0.5) is 5.69 Å². The van der Waals surface area contributed by atoms with E-state index >= 15 is 0 Å². The molecule has 0 bridgehead atoms. The van der Waals surface area contributed by atoms with Gasteiger partial charge in [0.2, 0.25) is 0 Å². The summed E-state index contributed by atoms with van der Waals surface area (Å²) in [5, 5.41) is 18.1. The minimum absolute atomic E-state index is 0.0441. The van der Waals surface area contributed by atoms with E-state index in [4.69, 9.17) is 4.74 Å². The van der Waals surface area contributed by atoms with Crippen LogP contribution in [0.3, 0.4) is 0 Å². The normalized spacial score (nSPS) is 23.9. The number of aryl methyl sites for hydroxylation is 1. The maximum atomic E-state index is 10.9. The quantitative estimate of drug-likeness (QED) is 0.645. The summed E-state index contributed by atoms with van der Waals surface area (Å²) in [4.78, 5) is 10.4. The molecule has 1 saturated carbocycles. The molecular formula is C11H18N4O3. The van der Waals surface area contributed by atoms with Gasteiger partial charge in [0.1, 0.15) is 12.3 Å². The Morgan fingerprint density at radius 1 is 1.56 bits per heavy atom. The topological polar surface area (TPSA) is 82.2 Å². The Balaban J connectivity index is 2.14. The molecule has 2 rings (SSSR count). The highest BCUT2D eigenvalue weighted by atomic mass is 16.6. The van der Waals surface area contributed by atoms with Gasteiger partial charge in [-0.15, -0.1) is 5.10 Å². The van der Waals surface area contributed by atoms with E-state index in [9.17, 15) is 10.1 Å². The second kappa shape index (κ2) is 5.34. The molecule has 18 heavy (non-hydrogen) atoms. The van der Waals surface area contributed by atoms with Gasteiger partial charge in [-0.1, -0.05) is 6.42 Å². The molecule has 100 valence electrons. The van der Waals surface area contributed by atoms with Crippen LogP contribution in [-0.2, 0) is 7.05 Å². The third-order valence-electron chi connectivity index (χ3n) is 3.31. The lowest BCUT2D eigenvalue weighted by Gasteiger charge is -2.30. The summed E-state index contributed by atoms with van der Waals surface area (Å²) in [6, 6.07) is 0.236. The number of rotatable bonds is 4. The molecule has 1 fully saturated rings. The van der Waals surface area contributed by atoms with Crippen LogP contribution in [0.5, 0.6) is 5.88 Å². The zero-order valence-electron chi connectivity index (χ0n) is 10.6. The van der Waals surface area contributed by atoms with Crippen LogP contribution < -0.4 is 10.1 Å². The minimum atomic E-state index is -0.459. The molecule has 2 unspecified atom stereocenters. The molecule has 0 radical (unpaired) electrons. The van der Waals surface area contributed by atoms with Crippen LogP contribution in [0.25, 0.3) is 0 Å². The average Bonchev–Trinajstić information content (AvgIpc) is 2.71. The van der Waals surface area contributed by atoms with Gasteiger partial charge in [0.15, 0.2) is 0 Å². The standard InChI is InChI=1S/C11H18N4O3/c1-12-8-5-3-4-6-10(8)18-11-9(15(16)17)7-14(2)13-11/h7-8,10,12H,3-6H2,1-2H3. The Hall–Kier alpha value is -1.63. The predicted molar refractivity (Wildman–Crippen MR) is 65.6 cm³/mol. The fourth-order valence-electron chi connectivity index (χ4n) is 2.38. The molecule has 7 nitrogen and oxygen atoms in total. The van der Waals surface area contributed by atoms with Crippen molar-refractivity contribution < 1.29 is 9.66 Å². The SMILES string of the molecule is CNC1CCCCC1Oc1nn(C)cc1[N+](=O)[O-]. The van der Waals surface area contributed by atoms with Crippen LogP contribution in [-0.4, -0.2) is 33.9 Å². The molecule has 1 aromatic heterocycles. The summed E-state index contributed by atoms with van der Waals surface area (Å²) in [5.41, 5.74) is -0.0714. The highest BCUT2D eigenvalue weighted by Gasteiger charge is 2.29. The Kier molecular flexibility index (Phi) is 3.81. The van der Waals surface area contributed by atoms with Gasteiger partial charge < -0.3 is 10.1 Å². The Bertz CT molecular complexity index is 432. The largest absolute Gasteiger partial charge is 0.467 e. The zero-order chi connectivity index (χ0) is 13.1. The minimum Gasteiger partial charge on any atom is -0.467 e. The van der Waals surface area contributed by atoms with Crippen molar-refractivity contribution in [2.75, 3.05) is 7.05 Å². The molecule has 1 N–H and O–H groups in total. The molecular weight excluding hydrogens is 236 g/mol. The fourth-order valence-corrected chi connectivity index (χ4v) is 2.38. The van der Waals surface area contributed by atoms with Crippen molar-refractivity contribution in [2.45, 2.75) is 37.8 Å². The Morgan fingerprint density at radius 2 is 2.28 bits per heavy atom. The molecule has 0 amide bonds. The van der Waals surface area contributed by atoms with Crippen molar-refractivity contribution >= 4 is 5.69 Å². The maximum absolute atomic E-state index is 10.9. The summed E-state index contributed by atoms with van der Waals surface area (Å²) in [7, 11) is 3.54. The van der Waals surface area contributed by atoms with Crippen LogP contribution in [0.2, 0.25) is 0 Å². The molecule has 2 atom stereocenters. The lowest BCUT2D eigenvalue weighted by molar-refractivity contribution is -0.386. The van der Waals surface area contributed by atoms with E-state index in [1.807, 2.05) is 7.05 Å². The molecule has 1 heterocycles. The second-order valence-electron chi connectivity index (χ2n) is 4.59. The lowest BCUT2D eigenvalue weighted by Crippen LogP contribution is -2.43. The highest BCUT2D eigenvalue weighted by Crippen LogP contribution is 2.29. The molecule has 1 aliphatic rings. The van der Waals surface area contributed by atoms with Crippen molar-refractivity contribution in [3.05, 3.63) is 16.3 Å². The van der Waals surface area contributed by atoms with Crippen molar-refractivity contribution in [1.29, 1.82) is 0 Å². The van der Waals surface area contributed by atoms with Gasteiger partial charge in [-0.05, 0) is 26.3 Å². The number of ether oxygens (including phenoxy) is 1. The van der Waals surface area contributed by atoms with Crippen molar-refractivity contribution in [3.8, 4) is 5.88 Å². The maximum Gasteiger partial charge on any atom is 0.350 e. The highest BCUT2D eigenvalue weighted by molar-refractivity contribution is 5.38. The lowest BCUT2D eigenvalue weighted by atomic mass is 9.92. The van der Waals surface area contributed by atoms with Crippen molar-refractivity contribution in [1.82, 2.24) is 15.1 Å². The third-order valence-corrected chi connectivity index (χ3v) is 3.31. The van der Waals surface area contributed by atoms with Crippen LogP contribution in [0.1, 0.15) is 25.7 Å². The monoisotopic (exact) mass is 254 g/mol. The molecule has 0 aromatic carbocycles. The van der Waals surface area contributed by atoms with Gasteiger partial charge in [0, 0.05) is 13.1 Å². The first-order valence-corrected chi connectivity index (χ1v) is 6.13. The zero-order valence-corrected chi connectivity index (χ0v) is 10.6. The first kappa shape index (κ1) is 12.8. The van der Waals surface area contributed by atoms with Gasteiger partial charge in [-0.3, -0.25) is 14.8 Å². The van der Waals surface area contributed by atoms with Gasteiger partial charge in [-0.25, -0.2) is 0 Å². The summed E-state index contributed by atoms with van der Waals surface area (Å²) in [6.07, 6.45) is 5.50. The smallest absolute Gasteiger partial charge is 0.350 e. The summed E-state index contributed by atoms with van der Waals surface area (Å²) in [5.74, 6) is 0.120. The summed E-state index contributed by atoms with van der Waals surface area (Å²) >= 11 is 0. The Morgan fingerprint density at radius 3 is 2.94 bits per heavy atom. The van der Waals surface area contributed by atoms with Gasteiger partial charge in [0.25, 0.3) is 0 Å². The van der Waals surface area contributed by atoms with Crippen LogP contribution >= 0.6 is 0 Å². The second-order valence-corrected chi connectivity index (χ2v) is 4.59. The number of likely N-dealkylation sites (N-methyl/N-ethyl adjacent to an activating group) is 1.